The first kappa shape index (κ1) is 15.0. The van der Waals surface area contributed by atoms with Crippen LogP contribution in [0.15, 0.2) is 12.4 Å². The summed E-state index contributed by atoms with van der Waals surface area (Å²) in [6.07, 6.45) is 3.83. The minimum Gasteiger partial charge on any atom is -0.481 e. The highest BCUT2D eigenvalue weighted by atomic mass is 16.4. The molecule has 0 aliphatic rings. The highest BCUT2D eigenvalue weighted by molar-refractivity contribution is 5.75. The standard InChI is InChI=1S/C12H20N4O3/c1-8(2)3-10(11(17)18)7-14-12(19)13-4-9-5-15-16-6-9/h5-6,8,10H,3-4,7H2,1-2H3,(H,15,16)(H,17,18)(H2,13,14,19). The van der Waals surface area contributed by atoms with Crippen molar-refractivity contribution in [2.24, 2.45) is 11.8 Å². The average Bonchev–Trinajstić information content (AvgIpc) is 2.84. The Morgan fingerprint density at radius 3 is 2.68 bits per heavy atom. The number of carboxylic acid groups (broad SMARTS) is 1. The molecule has 7 heteroatoms. The zero-order valence-corrected chi connectivity index (χ0v) is 11.1. The Balaban J connectivity index is 2.29. The molecular weight excluding hydrogens is 248 g/mol. The molecule has 1 unspecified atom stereocenters. The van der Waals surface area contributed by atoms with E-state index >= 15 is 0 Å². The van der Waals surface area contributed by atoms with E-state index in [0.29, 0.717) is 13.0 Å². The second-order valence-electron chi connectivity index (χ2n) is 4.83. The molecular formula is C12H20N4O3. The normalized spacial score (nSPS) is 12.2. The van der Waals surface area contributed by atoms with E-state index in [4.69, 9.17) is 5.11 Å². The summed E-state index contributed by atoms with van der Waals surface area (Å²) in [7, 11) is 0. The molecule has 0 aliphatic carbocycles. The van der Waals surface area contributed by atoms with Gasteiger partial charge in [-0.3, -0.25) is 9.89 Å². The Kier molecular flexibility index (Phi) is 5.84. The van der Waals surface area contributed by atoms with Gasteiger partial charge in [-0.1, -0.05) is 13.8 Å². The summed E-state index contributed by atoms with van der Waals surface area (Å²) in [4.78, 5) is 22.5. The maximum Gasteiger partial charge on any atom is 0.315 e. The molecule has 1 heterocycles. The molecule has 0 saturated heterocycles. The van der Waals surface area contributed by atoms with E-state index in [2.05, 4.69) is 20.8 Å². The monoisotopic (exact) mass is 268 g/mol. The zero-order valence-electron chi connectivity index (χ0n) is 11.1. The lowest BCUT2D eigenvalue weighted by atomic mass is 9.97. The summed E-state index contributed by atoms with van der Waals surface area (Å²) in [6.45, 7) is 4.39. The summed E-state index contributed by atoms with van der Waals surface area (Å²) < 4.78 is 0. The van der Waals surface area contributed by atoms with Gasteiger partial charge in [-0.25, -0.2) is 4.79 Å². The molecule has 2 amide bonds. The molecule has 0 aliphatic heterocycles. The molecule has 19 heavy (non-hydrogen) atoms. The first-order valence-electron chi connectivity index (χ1n) is 6.21. The predicted molar refractivity (Wildman–Crippen MR) is 69.4 cm³/mol. The van der Waals surface area contributed by atoms with Crippen LogP contribution in [-0.4, -0.2) is 33.8 Å². The molecule has 0 spiro atoms. The lowest BCUT2D eigenvalue weighted by Crippen LogP contribution is -2.39. The first-order valence-corrected chi connectivity index (χ1v) is 6.21. The molecule has 0 fully saturated rings. The van der Waals surface area contributed by atoms with Crippen LogP contribution in [0, 0.1) is 11.8 Å². The van der Waals surface area contributed by atoms with Crippen molar-refractivity contribution in [3.8, 4) is 0 Å². The van der Waals surface area contributed by atoms with E-state index in [-0.39, 0.29) is 18.5 Å². The van der Waals surface area contributed by atoms with Gasteiger partial charge in [0.2, 0.25) is 0 Å². The molecule has 1 aromatic rings. The summed E-state index contributed by atoms with van der Waals surface area (Å²) in [5.41, 5.74) is 0.854. The van der Waals surface area contributed by atoms with Gasteiger partial charge in [0.25, 0.3) is 0 Å². The SMILES string of the molecule is CC(C)CC(CNC(=O)NCc1cn[nH]c1)C(=O)O. The van der Waals surface area contributed by atoms with Crippen molar-refractivity contribution < 1.29 is 14.7 Å². The van der Waals surface area contributed by atoms with Crippen LogP contribution < -0.4 is 10.6 Å². The van der Waals surface area contributed by atoms with E-state index in [1.807, 2.05) is 13.8 Å². The van der Waals surface area contributed by atoms with Gasteiger partial charge in [0.05, 0.1) is 12.1 Å². The van der Waals surface area contributed by atoms with Crippen LogP contribution in [0.25, 0.3) is 0 Å². The highest BCUT2D eigenvalue weighted by Crippen LogP contribution is 2.10. The Morgan fingerprint density at radius 2 is 2.16 bits per heavy atom. The number of amides is 2. The zero-order chi connectivity index (χ0) is 14.3. The lowest BCUT2D eigenvalue weighted by Gasteiger charge is -2.15. The molecule has 106 valence electrons. The van der Waals surface area contributed by atoms with Gasteiger partial charge in [0.15, 0.2) is 0 Å². The van der Waals surface area contributed by atoms with Crippen molar-refractivity contribution in [1.82, 2.24) is 20.8 Å². The second kappa shape index (κ2) is 7.40. The quantitative estimate of drug-likeness (QED) is 0.590. The van der Waals surface area contributed by atoms with E-state index in [0.717, 1.165) is 5.56 Å². The minimum atomic E-state index is -0.885. The van der Waals surface area contributed by atoms with Gasteiger partial charge in [-0.05, 0) is 12.3 Å². The number of aromatic amines is 1. The number of nitrogens with zero attached hydrogens (tertiary/aromatic N) is 1. The summed E-state index contributed by atoms with van der Waals surface area (Å²) in [5, 5.41) is 20.6. The van der Waals surface area contributed by atoms with Crippen LogP contribution in [0.4, 0.5) is 4.79 Å². The fourth-order valence-electron chi connectivity index (χ4n) is 1.68. The average molecular weight is 268 g/mol. The van der Waals surface area contributed by atoms with Crippen molar-refractivity contribution in [2.75, 3.05) is 6.54 Å². The third kappa shape index (κ3) is 5.89. The number of hydrogen-bond acceptors (Lipinski definition) is 3. The number of H-pyrrole nitrogens is 1. The van der Waals surface area contributed by atoms with E-state index in [1.54, 1.807) is 12.4 Å². The molecule has 0 radical (unpaired) electrons. The number of aromatic nitrogens is 2. The van der Waals surface area contributed by atoms with Crippen LogP contribution in [0.1, 0.15) is 25.8 Å². The molecule has 0 saturated carbocycles. The lowest BCUT2D eigenvalue weighted by molar-refractivity contribution is -0.142. The van der Waals surface area contributed by atoms with Gasteiger partial charge >= 0.3 is 12.0 Å². The van der Waals surface area contributed by atoms with E-state index in [9.17, 15) is 9.59 Å². The van der Waals surface area contributed by atoms with Crippen LogP contribution >= 0.6 is 0 Å². The number of urea groups is 1. The van der Waals surface area contributed by atoms with E-state index < -0.39 is 11.9 Å². The summed E-state index contributed by atoms with van der Waals surface area (Å²) in [6, 6.07) is -0.379. The summed E-state index contributed by atoms with van der Waals surface area (Å²) in [5.74, 6) is -1.17. The van der Waals surface area contributed by atoms with Crippen molar-refractivity contribution in [1.29, 1.82) is 0 Å². The maximum atomic E-state index is 11.5. The number of rotatable bonds is 7. The third-order valence-electron chi connectivity index (χ3n) is 2.62. The van der Waals surface area contributed by atoms with Gasteiger partial charge in [0, 0.05) is 24.8 Å². The smallest absolute Gasteiger partial charge is 0.315 e. The van der Waals surface area contributed by atoms with Crippen molar-refractivity contribution in [3.05, 3.63) is 18.0 Å². The van der Waals surface area contributed by atoms with Gasteiger partial charge < -0.3 is 15.7 Å². The van der Waals surface area contributed by atoms with Crippen LogP contribution in [0.2, 0.25) is 0 Å². The third-order valence-corrected chi connectivity index (χ3v) is 2.62. The second-order valence-corrected chi connectivity index (χ2v) is 4.83. The van der Waals surface area contributed by atoms with Crippen molar-refractivity contribution >= 4 is 12.0 Å². The van der Waals surface area contributed by atoms with Gasteiger partial charge in [-0.2, -0.15) is 5.10 Å². The Labute approximate surface area is 111 Å². The summed E-state index contributed by atoms with van der Waals surface area (Å²) >= 11 is 0. The molecule has 4 N–H and O–H groups in total. The highest BCUT2D eigenvalue weighted by Gasteiger charge is 2.19. The molecule has 1 aromatic heterocycles. The van der Waals surface area contributed by atoms with Crippen molar-refractivity contribution in [3.63, 3.8) is 0 Å². The Hall–Kier alpha value is -2.05. The Bertz CT molecular complexity index is 403. The number of carbonyl (C=O) groups excluding carboxylic acids is 1. The number of carbonyl (C=O) groups is 2. The fraction of sp³-hybridized carbons (Fsp3) is 0.583. The van der Waals surface area contributed by atoms with E-state index in [1.165, 1.54) is 0 Å². The van der Waals surface area contributed by atoms with Gasteiger partial charge in [0.1, 0.15) is 0 Å². The fourth-order valence-corrected chi connectivity index (χ4v) is 1.68. The topological polar surface area (TPSA) is 107 Å². The molecule has 1 rings (SSSR count). The number of carboxylic acids is 1. The number of aliphatic carboxylic acids is 1. The van der Waals surface area contributed by atoms with Crippen LogP contribution in [0.3, 0.4) is 0 Å². The maximum absolute atomic E-state index is 11.5. The first-order chi connectivity index (χ1) is 8.99. The van der Waals surface area contributed by atoms with Crippen molar-refractivity contribution in [2.45, 2.75) is 26.8 Å². The Morgan fingerprint density at radius 1 is 1.42 bits per heavy atom. The van der Waals surface area contributed by atoms with Gasteiger partial charge in [-0.15, -0.1) is 0 Å². The number of hydrogen-bond donors (Lipinski definition) is 4. The molecule has 1 atom stereocenters. The predicted octanol–water partition coefficient (Wildman–Crippen LogP) is 0.956. The van der Waals surface area contributed by atoms with Crippen LogP contribution in [-0.2, 0) is 11.3 Å². The number of nitrogens with one attached hydrogen (secondary N) is 3. The molecule has 7 nitrogen and oxygen atoms in total. The molecule has 0 bridgehead atoms. The molecule has 0 aromatic carbocycles. The van der Waals surface area contributed by atoms with Crippen LogP contribution in [0.5, 0.6) is 0 Å². The minimum absolute atomic E-state index is 0.130. The largest absolute Gasteiger partial charge is 0.481 e.